The average molecular weight is 397 g/mol. The minimum Gasteiger partial charge on any atom is -0.473 e. The van der Waals surface area contributed by atoms with Crippen LogP contribution in [0.4, 0.5) is 13.2 Å². The van der Waals surface area contributed by atoms with Crippen molar-refractivity contribution in [1.29, 1.82) is 0 Å². The van der Waals surface area contributed by atoms with Gasteiger partial charge < -0.3 is 4.74 Å². The highest BCUT2D eigenvalue weighted by Gasteiger charge is 2.36. The fourth-order valence-electron chi connectivity index (χ4n) is 3.16. The zero-order valence-electron chi connectivity index (χ0n) is 15.9. The Morgan fingerprint density at radius 1 is 0.966 bits per heavy atom. The number of hydrogen-bond donors (Lipinski definition) is 0. The molecule has 0 amide bonds. The molecule has 0 atom stereocenters. The Balaban J connectivity index is 1.85. The molecular weight excluding hydrogens is 379 g/mol. The summed E-state index contributed by atoms with van der Waals surface area (Å²) in [6.45, 7) is 3.61. The number of aryl methyl sites for hydroxylation is 2. The first-order valence-corrected chi connectivity index (χ1v) is 9.04. The standard InChI is InChI=1S/C22H18F3N3O/c1-14-8-10-17(11-9-14)28-21-20(15(2)27-28)18(22(23,24)25)12-19(26-21)29-13-16-6-4-3-5-7-16/h3-12H,13H2,1-2H3. The summed E-state index contributed by atoms with van der Waals surface area (Å²) in [5.41, 5.74) is 2.08. The number of hydrogen-bond acceptors (Lipinski definition) is 3. The molecule has 0 saturated carbocycles. The summed E-state index contributed by atoms with van der Waals surface area (Å²) in [5, 5.41) is 4.30. The third-order valence-corrected chi connectivity index (χ3v) is 4.60. The molecule has 0 bridgehead atoms. The van der Waals surface area contributed by atoms with Crippen LogP contribution in [-0.4, -0.2) is 14.8 Å². The van der Waals surface area contributed by atoms with Crippen LogP contribution in [0.5, 0.6) is 5.88 Å². The highest BCUT2D eigenvalue weighted by atomic mass is 19.4. The van der Waals surface area contributed by atoms with E-state index in [2.05, 4.69) is 10.1 Å². The summed E-state index contributed by atoms with van der Waals surface area (Å²) in [6.07, 6.45) is -4.56. The molecule has 29 heavy (non-hydrogen) atoms. The number of nitrogens with zero attached hydrogens (tertiary/aromatic N) is 3. The molecule has 0 spiro atoms. The highest BCUT2D eigenvalue weighted by molar-refractivity contribution is 5.84. The van der Waals surface area contributed by atoms with Gasteiger partial charge in [0.2, 0.25) is 5.88 Å². The van der Waals surface area contributed by atoms with Crippen molar-refractivity contribution in [2.24, 2.45) is 0 Å². The van der Waals surface area contributed by atoms with Crippen LogP contribution in [0.1, 0.15) is 22.4 Å². The Labute approximate surface area is 165 Å². The van der Waals surface area contributed by atoms with Crippen LogP contribution >= 0.6 is 0 Å². The van der Waals surface area contributed by atoms with Crippen molar-refractivity contribution in [2.75, 3.05) is 0 Å². The van der Waals surface area contributed by atoms with E-state index < -0.39 is 11.7 Å². The number of halogens is 3. The molecule has 0 saturated heterocycles. The molecule has 4 rings (SSSR count). The lowest BCUT2D eigenvalue weighted by atomic mass is 10.1. The SMILES string of the molecule is Cc1ccc(-n2nc(C)c3c(C(F)(F)F)cc(OCc4ccccc4)nc32)cc1. The van der Waals surface area contributed by atoms with E-state index in [-0.39, 0.29) is 29.2 Å². The van der Waals surface area contributed by atoms with Gasteiger partial charge in [-0.15, -0.1) is 0 Å². The number of pyridine rings is 1. The van der Waals surface area contributed by atoms with Gasteiger partial charge in [0, 0.05) is 6.07 Å². The lowest BCUT2D eigenvalue weighted by Gasteiger charge is -2.12. The molecule has 2 heterocycles. The first-order chi connectivity index (χ1) is 13.8. The van der Waals surface area contributed by atoms with Gasteiger partial charge in [-0.3, -0.25) is 0 Å². The van der Waals surface area contributed by atoms with Gasteiger partial charge >= 0.3 is 6.18 Å². The predicted molar refractivity (Wildman–Crippen MR) is 104 cm³/mol. The normalized spacial score (nSPS) is 11.8. The van der Waals surface area contributed by atoms with Gasteiger partial charge in [0.05, 0.1) is 22.3 Å². The number of benzene rings is 2. The second kappa shape index (κ2) is 7.24. The van der Waals surface area contributed by atoms with Crippen molar-refractivity contribution < 1.29 is 17.9 Å². The number of ether oxygens (including phenoxy) is 1. The summed E-state index contributed by atoms with van der Waals surface area (Å²) in [5.74, 6) is -0.0954. The van der Waals surface area contributed by atoms with Gasteiger partial charge in [-0.2, -0.15) is 23.3 Å². The molecule has 4 aromatic rings. The maximum Gasteiger partial charge on any atom is 0.417 e. The molecule has 0 aliphatic carbocycles. The number of fused-ring (bicyclic) bond motifs is 1. The van der Waals surface area contributed by atoms with E-state index in [1.807, 2.05) is 49.4 Å². The van der Waals surface area contributed by atoms with E-state index in [0.717, 1.165) is 17.2 Å². The minimum absolute atomic E-state index is 0.0230. The van der Waals surface area contributed by atoms with Gasteiger partial charge in [0.15, 0.2) is 5.65 Å². The van der Waals surface area contributed by atoms with Crippen molar-refractivity contribution in [3.63, 3.8) is 0 Å². The number of alkyl halides is 3. The van der Waals surface area contributed by atoms with E-state index >= 15 is 0 Å². The van der Waals surface area contributed by atoms with Crippen molar-refractivity contribution in [3.05, 3.63) is 83.0 Å². The summed E-state index contributed by atoms with van der Waals surface area (Å²) in [4.78, 5) is 4.36. The van der Waals surface area contributed by atoms with Crippen LogP contribution < -0.4 is 4.74 Å². The largest absolute Gasteiger partial charge is 0.473 e. The molecule has 2 aromatic carbocycles. The molecule has 0 aliphatic rings. The highest BCUT2D eigenvalue weighted by Crippen LogP contribution is 2.38. The number of aromatic nitrogens is 3. The molecule has 0 unspecified atom stereocenters. The van der Waals surface area contributed by atoms with Gasteiger partial charge in [-0.25, -0.2) is 4.68 Å². The van der Waals surface area contributed by atoms with Crippen molar-refractivity contribution in [2.45, 2.75) is 26.6 Å². The quantitative estimate of drug-likeness (QED) is 0.448. The predicted octanol–water partition coefficient (Wildman–Crippen LogP) is 5.64. The van der Waals surface area contributed by atoms with Gasteiger partial charge in [-0.05, 0) is 31.5 Å². The van der Waals surface area contributed by atoms with Crippen molar-refractivity contribution >= 4 is 11.0 Å². The van der Waals surface area contributed by atoms with Crippen LogP contribution in [0.15, 0.2) is 60.7 Å². The van der Waals surface area contributed by atoms with E-state index in [4.69, 9.17) is 4.74 Å². The lowest BCUT2D eigenvalue weighted by molar-refractivity contribution is -0.136. The summed E-state index contributed by atoms with van der Waals surface area (Å²) in [7, 11) is 0. The Morgan fingerprint density at radius 3 is 2.31 bits per heavy atom. The third-order valence-electron chi connectivity index (χ3n) is 4.60. The molecular formula is C22H18F3N3O. The van der Waals surface area contributed by atoms with Crippen LogP contribution in [0.3, 0.4) is 0 Å². The Morgan fingerprint density at radius 2 is 1.66 bits per heavy atom. The molecule has 7 heteroatoms. The Hall–Kier alpha value is -3.35. The smallest absolute Gasteiger partial charge is 0.417 e. The first kappa shape index (κ1) is 19.0. The van der Waals surface area contributed by atoms with Gasteiger partial charge in [-0.1, -0.05) is 48.0 Å². The van der Waals surface area contributed by atoms with Crippen LogP contribution in [0, 0.1) is 13.8 Å². The molecule has 4 nitrogen and oxygen atoms in total. The number of rotatable bonds is 4. The average Bonchev–Trinajstić information content (AvgIpc) is 3.03. The topological polar surface area (TPSA) is 39.9 Å². The second-order valence-corrected chi connectivity index (χ2v) is 6.81. The zero-order valence-corrected chi connectivity index (χ0v) is 15.9. The fourth-order valence-corrected chi connectivity index (χ4v) is 3.16. The molecule has 148 valence electrons. The van der Waals surface area contributed by atoms with Crippen LogP contribution in [0.2, 0.25) is 0 Å². The maximum absolute atomic E-state index is 13.8. The Kier molecular flexibility index (Phi) is 4.74. The van der Waals surface area contributed by atoms with E-state index in [1.54, 1.807) is 19.1 Å². The van der Waals surface area contributed by atoms with Gasteiger partial charge in [0.25, 0.3) is 0 Å². The minimum atomic E-state index is -4.56. The molecule has 0 radical (unpaired) electrons. The first-order valence-electron chi connectivity index (χ1n) is 9.04. The molecule has 0 N–H and O–H groups in total. The zero-order chi connectivity index (χ0) is 20.6. The summed E-state index contributed by atoms with van der Waals surface area (Å²) < 4.78 is 48.4. The van der Waals surface area contributed by atoms with Gasteiger partial charge in [0.1, 0.15) is 6.61 Å². The maximum atomic E-state index is 13.8. The summed E-state index contributed by atoms with van der Waals surface area (Å²) >= 11 is 0. The van der Waals surface area contributed by atoms with Crippen molar-refractivity contribution in [1.82, 2.24) is 14.8 Å². The van der Waals surface area contributed by atoms with Crippen LogP contribution in [-0.2, 0) is 12.8 Å². The van der Waals surface area contributed by atoms with E-state index in [1.165, 1.54) is 4.68 Å². The summed E-state index contributed by atoms with van der Waals surface area (Å²) in [6, 6.07) is 17.5. The third kappa shape index (κ3) is 3.81. The van der Waals surface area contributed by atoms with E-state index in [9.17, 15) is 13.2 Å². The fraction of sp³-hybridized carbons (Fsp3) is 0.182. The molecule has 2 aromatic heterocycles. The molecule has 0 fully saturated rings. The van der Waals surface area contributed by atoms with E-state index in [0.29, 0.717) is 5.69 Å². The monoisotopic (exact) mass is 397 g/mol. The van der Waals surface area contributed by atoms with Crippen LogP contribution in [0.25, 0.3) is 16.7 Å². The molecule has 0 aliphatic heterocycles. The Bertz CT molecular complexity index is 1150. The second-order valence-electron chi connectivity index (χ2n) is 6.81. The van der Waals surface area contributed by atoms with Crippen molar-refractivity contribution in [3.8, 4) is 11.6 Å². The lowest BCUT2D eigenvalue weighted by Crippen LogP contribution is -2.09.